The number of benzene rings is 1. The summed E-state index contributed by atoms with van der Waals surface area (Å²) < 4.78 is 4.87. The summed E-state index contributed by atoms with van der Waals surface area (Å²) in [6.45, 7) is 2.54. The first-order chi connectivity index (χ1) is 9.13. The van der Waals surface area contributed by atoms with Gasteiger partial charge in [0.15, 0.2) is 0 Å². The van der Waals surface area contributed by atoms with Crippen molar-refractivity contribution in [3.63, 3.8) is 0 Å². The Morgan fingerprint density at radius 3 is 2.74 bits per heavy atom. The van der Waals surface area contributed by atoms with Crippen molar-refractivity contribution in [1.82, 2.24) is 4.90 Å². The quantitative estimate of drug-likeness (QED) is 0.806. The van der Waals surface area contributed by atoms with Crippen molar-refractivity contribution in [1.29, 1.82) is 0 Å². The minimum atomic E-state index is -1.29. The predicted molar refractivity (Wildman–Crippen MR) is 68.0 cm³/mol. The standard InChI is InChI=1S/C14H17NO4/c1-2-19-14(18)11-9-15(13(17)12(11)16)8-10-6-4-3-5-7-10/h3-7,11-12,16H,2,8-9H2,1H3/t11-,12-/m1/s1. The molecule has 1 aliphatic heterocycles. The predicted octanol–water partition coefficient (Wildman–Crippen LogP) is 0.569. The van der Waals surface area contributed by atoms with E-state index in [1.807, 2.05) is 30.3 Å². The molecular weight excluding hydrogens is 246 g/mol. The summed E-state index contributed by atoms with van der Waals surface area (Å²) in [4.78, 5) is 25.0. The van der Waals surface area contributed by atoms with Crippen molar-refractivity contribution in [2.24, 2.45) is 5.92 Å². The third-order valence-electron chi connectivity index (χ3n) is 3.17. The molecule has 1 heterocycles. The van der Waals surface area contributed by atoms with Crippen LogP contribution in [0.4, 0.5) is 0 Å². The SMILES string of the molecule is CCOC(=O)[C@@H]1CN(Cc2ccccc2)C(=O)[C@@H]1O. The largest absolute Gasteiger partial charge is 0.466 e. The van der Waals surface area contributed by atoms with E-state index in [0.717, 1.165) is 5.56 Å². The van der Waals surface area contributed by atoms with Crippen LogP contribution < -0.4 is 0 Å². The first-order valence-electron chi connectivity index (χ1n) is 6.31. The van der Waals surface area contributed by atoms with Crippen molar-refractivity contribution in [2.75, 3.05) is 13.2 Å². The molecule has 1 amide bonds. The zero-order valence-electron chi connectivity index (χ0n) is 10.8. The van der Waals surface area contributed by atoms with E-state index in [0.29, 0.717) is 6.54 Å². The van der Waals surface area contributed by atoms with Gasteiger partial charge >= 0.3 is 5.97 Å². The van der Waals surface area contributed by atoms with Gasteiger partial charge in [-0.15, -0.1) is 0 Å². The molecule has 1 fully saturated rings. The lowest BCUT2D eigenvalue weighted by molar-refractivity contribution is -0.152. The number of carbonyl (C=O) groups is 2. The molecular formula is C14H17NO4. The Morgan fingerprint density at radius 2 is 2.11 bits per heavy atom. The van der Waals surface area contributed by atoms with Crippen LogP contribution in [0, 0.1) is 5.92 Å². The molecule has 19 heavy (non-hydrogen) atoms. The molecule has 0 bridgehead atoms. The number of hydrogen-bond donors (Lipinski definition) is 1. The summed E-state index contributed by atoms with van der Waals surface area (Å²) in [6, 6.07) is 9.46. The molecule has 1 aromatic rings. The maximum Gasteiger partial charge on any atom is 0.313 e. The monoisotopic (exact) mass is 263 g/mol. The van der Waals surface area contributed by atoms with E-state index >= 15 is 0 Å². The summed E-state index contributed by atoms with van der Waals surface area (Å²) >= 11 is 0. The van der Waals surface area contributed by atoms with Crippen molar-refractivity contribution in [3.05, 3.63) is 35.9 Å². The van der Waals surface area contributed by atoms with Gasteiger partial charge in [-0.3, -0.25) is 9.59 Å². The van der Waals surface area contributed by atoms with Crippen LogP contribution in [0.15, 0.2) is 30.3 Å². The lowest BCUT2D eigenvalue weighted by Gasteiger charge is -2.15. The number of ether oxygens (including phenoxy) is 1. The van der Waals surface area contributed by atoms with Gasteiger partial charge < -0.3 is 14.7 Å². The molecule has 0 spiro atoms. The number of aliphatic hydroxyl groups excluding tert-OH is 1. The van der Waals surface area contributed by atoms with Gasteiger partial charge in [0.1, 0.15) is 12.0 Å². The Bertz CT molecular complexity index is 460. The number of nitrogens with zero attached hydrogens (tertiary/aromatic N) is 1. The summed E-state index contributed by atoms with van der Waals surface area (Å²) in [5.41, 5.74) is 0.965. The van der Waals surface area contributed by atoms with Crippen LogP contribution in [0.3, 0.4) is 0 Å². The Labute approximate surface area is 111 Å². The second kappa shape index (κ2) is 5.84. The molecule has 0 radical (unpaired) electrons. The highest BCUT2D eigenvalue weighted by atomic mass is 16.5. The van der Waals surface area contributed by atoms with E-state index in [9.17, 15) is 14.7 Å². The summed E-state index contributed by atoms with van der Waals surface area (Å²) in [5, 5.41) is 9.81. The molecule has 102 valence electrons. The Kier molecular flexibility index (Phi) is 4.16. The van der Waals surface area contributed by atoms with E-state index < -0.39 is 23.9 Å². The fourth-order valence-electron chi connectivity index (χ4n) is 2.19. The van der Waals surface area contributed by atoms with Crippen LogP contribution in [0.2, 0.25) is 0 Å². The van der Waals surface area contributed by atoms with Gasteiger partial charge in [-0.2, -0.15) is 0 Å². The number of hydrogen-bond acceptors (Lipinski definition) is 4. The summed E-state index contributed by atoms with van der Waals surface area (Å²) in [5.74, 6) is -1.71. The molecule has 2 atom stereocenters. The average molecular weight is 263 g/mol. The Morgan fingerprint density at radius 1 is 1.42 bits per heavy atom. The maximum absolute atomic E-state index is 11.9. The van der Waals surface area contributed by atoms with E-state index in [4.69, 9.17) is 4.74 Å². The lowest BCUT2D eigenvalue weighted by atomic mass is 10.1. The Hall–Kier alpha value is -1.88. The minimum absolute atomic E-state index is 0.202. The van der Waals surface area contributed by atoms with Crippen molar-refractivity contribution < 1.29 is 19.4 Å². The third-order valence-corrected chi connectivity index (χ3v) is 3.17. The molecule has 1 N–H and O–H groups in total. The van der Waals surface area contributed by atoms with Gasteiger partial charge in [-0.05, 0) is 12.5 Å². The van der Waals surface area contributed by atoms with E-state index in [1.54, 1.807) is 6.92 Å². The number of amides is 1. The number of likely N-dealkylation sites (tertiary alicyclic amines) is 1. The summed E-state index contributed by atoms with van der Waals surface area (Å²) in [6.07, 6.45) is -1.29. The maximum atomic E-state index is 11.9. The highest BCUT2D eigenvalue weighted by molar-refractivity contribution is 5.90. The second-order valence-corrected chi connectivity index (χ2v) is 4.51. The molecule has 0 aliphatic carbocycles. The normalized spacial score (nSPS) is 22.6. The van der Waals surface area contributed by atoms with Gasteiger partial charge in [0.05, 0.1) is 6.61 Å². The number of carbonyl (C=O) groups excluding carboxylic acids is 2. The fraction of sp³-hybridized carbons (Fsp3) is 0.429. The first kappa shape index (κ1) is 13.5. The number of rotatable bonds is 4. The third kappa shape index (κ3) is 2.93. The van der Waals surface area contributed by atoms with Crippen LogP contribution in [0.5, 0.6) is 0 Å². The smallest absolute Gasteiger partial charge is 0.313 e. The van der Waals surface area contributed by atoms with Gasteiger partial charge in [-0.25, -0.2) is 0 Å². The first-order valence-corrected chi connectivity index (χ1v) is 6.31. The fourth-order valence-corrected chi connectivity index (χ4v) is 2.19. The Balaban J connectivity index is 2.04. The van der Waals surface area contributed by atoms with Crippen LogP contribution >= 0.6 is 0 Å². The van der Waals surface area contributed by atoms with E-state index in [1.165, 1.54) is 4.90 Å². The van der Waals surface area contributed by atoms with Gasteiger partial charge in [-0.1, -0.05) is 30.3 Å². The van der Waals surface area contributed by atoms with Crippen molar-refractivity contribution in [2.45, 2.75) is 19.6 Å². The molecule has 1 aromatic carbocycles. The summed E-state index contributed by atoms with van der Waals surface area (Å²) in [7, 11) is 0. The second-order valence-electron chi connectivity index (χ2n) is 4.51. The molecule has 5 nitrogen and oxygen atoms in total. The number of aliphatic hydroxyl groups is 1. The van der Waals surface area contributed by atoms with E-state index in [-0.39, 0.29) is 13.2 Å². The zero-order valence-corrected chi connectivity index (χ0v) is 10.8. The lowest BCUT2D eigenvalue weighted by Crippen LogP contribution is -2.31. The van der Waals surface area contributed by atoms with Crippen molar-refractivity contribution in [3.8, 4) is 0 Å². The zero-order chi connectivity index (χ0) is 13.8. The average Bonchev–Trinajstić information content (AvgIpc) is 2.69. The van der Waals surface area contributed by atoms with Crippen LogP contribution in [-0.2, 0) is 20.9 Å². The van der Waals surface area contributed by atoms with Crippen LogP contribution in [0.25, 0.3) is 0 Å². The molecule has 1 saturated heterocycles. The van der Waals surface area contributed by atoms with E-state index in [2.05, 4.69) is 0 Å². The van der Waals surface area contributed by atoms with Crippen molar-refractivity contribution >= 4 is 11.9 Å². The number of esters is 1. The molecule has 2 rings (SSSR count). The molecule has 5 heteroatoms. The molecule has 1 aliphatic rings. The van der Waals surface area contributed by atoms with Crippen LogP contribution in [0.1, 0.15) is 12.5 Å². The molecule has 0 unspecified atom stereocenters. The van der Waals surface area contributed by atoms with Gasteiger partial charge in [0.2, 0.25) is 0 Å². The van der Waals surface area contributed by atoms with Gasteiger partial charge in [0, 0.05) is 13.1 Å². The van der Waals surface area contributed by atoms with Gasteiger partial charge in [0.25, 0.3) is 5.91 Å². The topological polar surface area (TPSA) is 66.8 Å². The minimum Gasteiger partial charge on any atom is -0.466 e. The highest BCUT2D eigenvalue weighted by Crippen LogP contribution is 2.22. The molecule has 0 saturated carbocycles. The molecule has 0 aromatic heterocycles. The van der Waals surface area contributed by atoms with Crippen LogP contribution in [-0.4, -0.2) is 41.1 Å². The highest BCUT2D eigenvalue weighted by Gasteiger charge is 2.43.